The molecule has 1 aromatic heterocycles. The first kappa shape index (κ1) is 19.6. The standard InChI is InChI=1S/C19H31N5O3/c1-14(25)20-9-3-4-18(26)23-10-5-16(6-11-23)17-7-12-24(13-8-17)19-21-15(2)27-22-19/h16-17H,3-13H2,1-2H3,(H,20,25). The van der Waals surface area contributed by atoms with E-state index in [2.05, 4.69) is 20.4 Å². The van der Waals surface area contributed by atoms with Crippen molar-refractivity contribution >= 4 is 17.8 Å². The molecule has 0 spiro atoms. The van der Waals surface area contributed by atoms with Crippen molar-refractivity contribution < 1.29 is 14.1 Å². The minimum absolute atomic E-state index is 0.0382. The van der Waals surface area contributed by atoms with Gasteiger partial charge in [-0.2, -0.15) is 4.98 Å². The SMILES string of the molecule is CC(=O)NCCCC(=O)N1CCC(C2CCN(c3noc(C)n3)CC2)CC1. The second kappa shape index (κ2) is 9.19. The monoisotopic (exact) mass is 377 g/mol. The molecule has 27 heavy (non-hydrogen) atoms. The average molecular weight is 377 g/mol. The van der Waals surface area contributed by atoms with Crippen molar-refractivity contribution in [1.29, 1.82) is 0 Å². The van der Waals surface area contributed by atoms with Crippen molar-refractivity contribution in [1.82, 2.24) is 20.4 Å². The number of likely N-dealkylation sites (tertiary alicyclic amines) is 1. The smallest absolute Gasteiger partial charge is 0.266 e. The molecule has 0 bridgehead atoms. The van der Waals surface area contributed by atoms with Crippen molar-refractivity contribution in [2.75, 3.05) is 37.6 Å². The summed E-state index contributed by atoms with van der Waals surface area (Å²) in [5.74, 6) is 2.95. The Hall–Kier alpha value is -2.12. The van der Waals surface area contributed by atoms with Gasteiger partial charge in [0.05, 0.1) is 0 Å². The van der Waals surface area contributed by atoms with Crippen LogP contribution in [-0.4, -0.2) is 59.6 Å². The summed E-state index contributed by atoms with van der Waals surface area (Å²) in [6.07, 6.45) is 5.75. The molecule has 2 aliphatic heterocycles. The van der Waals surface area contributed by atoms with E-state index in [1.807, 2.05) is 11.8 Å². The molecular weight excluding hydrogens is 346 g/mol. The van der Waals surface area contributed by atoms with Gasteiger partial charge >= 0.3 is 0 Å². The van der Waals surface area contributed by atoms with Crippen LogP contribution in [0.5, 0.6) is 0 Å². The Kier molecular flexibility index (Phi) is 6.68. The van der Waals surface area contributed by atoms with Crippen LogP contribution in [0.15, 0.2) is 4.52 Å². The van der Waals surface area contributed by atoms with E-state index in [4.69, 9.17) is 4.52 Å². The Balaban J connectivity index is 1.36. The summed E-state index contributed by atoms with van der Waals surface area (Å²) < 4.78 is 5.08. The summed E-state index contributed by atoms with van der Waals surface area (Å²) in [5, 5.41) is 6.76. The summed E-state index contributed by atoms with van der Waals surface area (Å²) in [4.78, 5) is 31.7. The molecule has 0 aliphatic carbocycles. The molecule has 2 saturated heterocycles. The van der Waals surface area contributed by atoms with Crippen LogP contribution in [0.25, 0.3) is 0 Å². The zero-order valence-electron chi connectivity index (χ0n) is 16.4. The van der Waals surface area contributed by atoms with E-state index < -0.39 is 0 Å². The fraction of sp³-hybridized carbons (Fsp3) is 0.789. The molecule has 150 valence electrons. The maximum atomic E-state index is 12.3. The summed E-state index contributed by atoms with van der Waals surface area (Å²) in [6, 6.07) is 0. The van der Waals surface area contributed by atoms with E-state index in [0.29, 0.717) is 37.1 Å². The molecule has 0 radical (unpaired) electrons. The third-order valence-corrected chi connectivity index (χ3v) is 5.84. The van der Waals surface area contributed by atoms with Crippen LogP contribution in [0.3, 0.4) is 0 Å². The molecule has 1 N–H and O–H groups in total. The van der Waals surface area contributed by atoms with Crippen LogP contribution < -0.4 is 10.2 Å². The Bertz CT molecular complexity index is 631. The van der Waals surface area contributed by atoms with Crippen molar-refractivity contribution in [3.63, 3.8) is 0 Å². The predicted octanol–water partition coefficient (Wildman–Crippen LogP) is 1.75. The molecule has 0 aromatic carbocycles. The van der Waals surface area contributed by atoms with Crippen LogP contribution in [0.2, 0.25) is 0 Å². The highest BCUT2D eigenvalue weighted by atomic mass is 16.5. The number of anilines is 1. The van der Waals surface area contributed by atoms with Crippen LogP contribution in [0.1, 0.15) is 51.3 Å². The van der Waals surface area contributed by atoms with Gasteiger partial charge in [-0.1, -0.05) is 0 Å². The van der Waals surface area contributed by atoms with Gasteiger partial charge < -0.3 is 19.6 Å². The summed E-state index contributed by atoms with van der Waals surface area (Å²) in [6.45, 7) is 7.59. The van der Waals surface area contributed by atoms with E-state index in [-0.39, 0.29) is 11.8 Å². The molecule has 2 amide bonds. The zero-order valence-corrected chi connectivity index (χ0v) is 16.4. The van der Waals surface area contributed by atoms with Gasteiger partial charge in [-0.3, -0.25) is 9.59 Å². The average Bonchev–Trinajstić information content (AvgIpc) is 3.11. The van der Waals surface area contributed by atoms with Gasteiger partial charge in [-0.25, -0.2) is 0 Å². The minimum atomic E-state index is -0.0382. The Morgan fingerprint density at radius 1 is 1.11 bits per heavy atom. The lowest BCUT2D eigenvalue weighted by molar-refractivity contribution is -0.133. The molecule has 0 atom stereocenters. The number of nitrogens with zero attached hydrogens (tertiary/aromatic N) is 4. The molecular formula is C19H31N5O3. The van der Waals surface area contributed by atoms with Gasteiger partial charge in [0.2, 0.25) is 17.7 Å². The zero-order chi connectivity index (χ0) is 19.2. The van der Waals surface area contributed by atoms with Gasteiger partial charge in [0.15, 0.2) is 0 Å². The molecule has 0 saturated carbocycles. The van der Waals surface area contributed by atoms with Gasteiger partial charge in [0.1, 0.15) is 0 Å². The molecule has 0 unspecified atom stereocenters. The number of hydrogen-bond acceptors (Lipinski definition) is 6. The molecule has 8 heteroatoms. The second-order valence-corrected chi connectivity index (χ2v) is 7.74. The molecule has 8 nitrogen and oxygen atoms in total. The number of piperidine rings is 2. The lowest BCUT2D eigenvalue weighted by Gasteiger charge is -2.40. The summed E-state index contributed by atoms with van der Waals surface area (Å²) in [5.41, 5.74) is 0. The van der Waals surface area contributed by atoms with E-state index in [1.165, 1.54) is 6.92 Å². The Labute approximate surface area is 160 Å². The van der Waals surface area contributed by atoms with E-state index >= 15 is 0 Å². The number of amides is 2. The number of hydrogen-bond donors (Lipinski definition) is 1. The van der Waals surface area contributed by atoms with Crippen LogP contribution in [0, 0.1) is 18.8 Å². The molecule has 1 aromatic rings. The fourth-order valence-corrected chi connectivity index (χ4v) is 4.27. The summed E-state index contributed by atoms with van der Waals surface area (Å²) >= 11 is 0. The Morgan fingerprint density at radius 2 is 1.74 bits per heavy atom. The Morgan fingerprint density at radius 3 is 2.30 bits per heavy atom. The van der Waals surface area contributed by atoms with E-state index in [1.54, 1.807) is 0 Å². The van der Waals surface area contributed by atoms with Crippen LogP contribution >= 0.6 is 0 Å². The van der Waals surface area contributed by atoms with Gasteiger partial charge in [-0.05, 0) is 49.1 Å². The lowest BCUT2D eigenvalue weighted by atomic mass is 9.79. The normalized spacial score (nSPS) is 19.3. The van der Waals surface area contributed by atoms with Crippen molar-refractivity contribution in [3.05, 3.63) is 5.89 Å². The fourth-order valence-electron chi connectivity index (χ4n) is 4.27. The molecule has 2 fully saturated rings. The predicted molar refractivity (Wildman–Crippen MR) is 101 cm³/mol. The number of nitrogens with one attached hydrogen (secondary N) is 1. The van der Waals surface area contributed by atoms with Gasteiger partial charge in [0, 0.05) is 53.0 Å². The molecule has 3 rings (SSSR count). The second-order valence-electron chi connectivity index (χ2n) is 7.74. The number of aromatic nitrogens is 2. The van der Waals surface area contributed by atoms with Crippen molar-refractivity contribution in [2.45, 2.75) is 52.4 Å². The molecule has 2 aliphatic rings. The highest BCUT2D eigenvalue weighted by molar-refractivity contribution is 5.76. The van der Waals surface area contributed by atoms with E-state index in [9.17, 15) is 9.59 Å². The third-order valence-electron chi connectivity index (χ3n) is 5.84. The van der Waals surface area contributed by atoms with Crippen LogP contribution in [0.4, 0.5) is 5.95 Å². The first-order chi connectivity index (χ1) is 13.0. The highest BCUT2D eigenvalue weighted by Gasteiger charge is 2.31. The van der Waals surface area contributed by atoms with E-state index in [0.717, 1.165) is 57.8 Å². The maximum absolute atomic E-state index is 12.3. The number of carbonyl (C=O) groups excluding carboxylic acids is 2. The first-order valence-electron chi connectivity index (χ1n) is 10.1. The lowest BCUT2D eigenvalue weighted by Crippen LogP contribution is -2.43. The topological polar surface area (TPSA) is 91.6 Å². The third kappa shape index (κ3) is 5.43. The maximum Gasteiger partial charge on any atom is 0.266 e. The first-order valence-corrected chi connectivity index (χ1v) is 10.1. The van der Waals surface area contributed by atoms with Crippen molar-refractivity contribution in [2.24, 2.45) is 11.8 Å². The highest BCUT2D eigenvalue weighted by Crippen LogP contribution is 2.33. The minimum Gasteiger partial charge on any atom is -0.356 e. The summed E-state index contributed by atoms with van der Waals surface area (Å²) in [7, 11) is 0. The number of rotatable bonds is 6. The van der Waals surface area contributed by atoms with Gasteiger partial charge in [0.25, 0.3) is 5.95 Å². The number of carbonyl (C=O) groups is 2. The largest absolute Gasteiger partial charge is 0.356 e. The number of aryl methyl sites for hydroxylation is 1. The quantitative estimate of drug-likeness (QED) is 0.760. The van der Waals surface area contributed by atoms with Crippen molar-refractivity contribution in [3.8, 4) is 0 Å². The molecule has 3 heterocycles. The van der Waals surface area contributed by atoms with Gasteiger partial charge in [-0.15, -0.1) is 0 Å². The van der Waals surface area contributed by atoms with Crippen LogP contribution in [-0.2, 0) is 9.59 Å².